The highest BCUT2D eigenvalue weighted by atomic mass is 16.6. The number of nitro benzene ring substituents is 1. The zero-order chi connectivity index (χ0) is 19.6. The fraction of sp³-hybridized carbons (Fsp3) is 0.353. The average Bonchev–Trinajstić information content (AvgIpc) is 3.03. The summed E-state index contributed by atoms with van der Waals surface area (Å²) in [5.41, 5.74) is 0.0745. The van der Waals surface area contributed by atoms with Crippen molar-refractivity contribution in [2.24, 2.45) is 0 Å². The lowest BCUT2D eigenvalue weighted by atomic mass is 10.2. The lowest BCUT2D eigenvalue weighted by Gasteiger charge is -2.08. The van der Waals surface area contributed by atoms with Crippen LogP contribution in [-0.2, 0) is 17.8 Å². The summed E-state index contributed by atoms with van der Waals surface area (Å²) in [4.78, 5) is 41.9. The van der Waals surface area contributed by atoms with E-state index in [-0.39, 0.29) is 16.9 Å². The van der Waals surface area contributed by atoms with Crippen LogP contribution in [0.15, 0.2) is 33.9 Å². The van der Waals surface area contributed by atoms with Gasteiger partial charge in [0, 0.05) is 37.9 Å². The number of methoxy groups -OCH3 is 1. The molecule has 0 aliphatic rings. The fourth-order valence-electron chi connectivity index (χ4n) is 2.96. The van der Waals surface area contributed by atoms with Crippen LogP contribution in [0.5, 0.6) is 0 Å². The topological polar surface area (TPSA) is 125 Å². The maximum atomic E-state index is 12.5. The Bertz CT molecular complexity index is 1090. The van der Waals surface area contributed by atoms with E-state index in [4.69, 9.17) is 4.74 Å². The van der Waals surface area contributed by atoms with E-state index in [1.165, 1.54) is 16.7 Å². The Labute approximate surface area is 153 Å². The maximum Gasteiger partial charge on any atom is 0.330 e. The third-order valence-electron chi connectivity index (χ3n) is 4.19. The number of hydrogen-bond acceptors (Lipinski definition) is 6. The minimum absolute atomic E-state index is 0.0426. The molecule has 0 aliphatic heterocycles. The standard InChI is InChI=1S/C17H19N5O5/c1-3-8-21-15-13(16(23)19-17(21)24)20(9-10-27-2)14(18-15)11-4-6-12(7-5-11)22(25)26/h4-7H,3,8-10H2,1-2H3,(H,19,23,24). The molecule has 0 saturated heterocycles. The first kappa shape index (κ1) is 18.5. The second-order valence-corrected chi connectivity index (χ2v) is 5.97. The Balaban J connectivity index is 2.29. The third kappa shape index (κ3) is 3.38. The molecule has 0 amide bonds. The smallest absolute Gasteiger partial charge is 0.330 e. The van der Waals surface area contributed by atoms with Gasteiger partial charge in [0.25, 0.3) is 11.2 Å². The summed E-state index contributed by atoms with van der Waals surface area (Å²) in [7, 11) is 1.54. The highest BCUT2D eigenvalue weighted by Crippen LogP contribution is 2.24. The molecule has 2 heterocycles. The molecule has 0 unspecified atom stereocenters. The molecule has 0 atom stereocenters. The molecule has 0 radical (unpaired) electrons. The Morgan fingerprint density at radius 1 is 1.19 bits per heavy atom. The molecule has 0 fully saturated rings. The highest BCUT2D eigenvalue weighted by molar-refractivity contribution is 5.77. The van der Waals surface area contributed by atoms with E-state index in [9.17, 15) is 19.7 Å². The van der Waals surface area contributed by atoms with Crippen molar-refractivity contribution in [2.45, 2.75) is 26.4 Å². The fourth-order valence-corrected chi connectivity index (χ4v) is 2.96. The molecule has 0 saturated carbocycles. The number of nitrogens with one attached hydrogen (secondary N) is 1. The number of aryl methyl sites for hydroxylation is 1. The van der Waals surface area contributed by atoms with Gasteiger partial charge in [0.05, 0.1) is 11.5 Å². The first-order valence-electron chi connectivity index (χ1n) is 8.45. The SMILES string of the molecule is CCCn1c(=O)[nH]c(=O)c2c1nc(-c1ccc([N+](=O)[O-])cc1)n2CCOC. The summed E-state index contributed by atoms with van der Waals surface area (Å²) >= 11 is 0. The molecule has 0 aliphatic carbocycles. The van der Waals surface area contributed by atoms with Gasteiger partial charge < -0.3 is 9.30 Å². The number of aromatic amines is 1. The molecular formula is C17H19N5O5. The Kier molecular flexibility index (Phi) is 5.17. The van der Waals surface area contributed by atoms with Crippen LogP contribution in [0.1, 0.15) is 13.3 Å². The van der Waals surface area contributed by atoms with Gasteiger partial charge in [-0.3, -0.25) is 24.5 Å². The number of non-ortho nitro benzene ring substituents is 1. The largest absolute Gasteiger partial charge is 0.383 e. The van der Waals surface area contributed by atoms with Crippen molar-refractivity contribution in [3.8, 4) is 11.4 Å². The summed E-state index contributed by atoms with van der Waals surface area (Å²) < 4.78 is 8.22. The normalized spacial score (nSPS) is 11.2. The summed E-state index contributed by atoms with van der Waals surface area (Å²) in [6, 6.07) is 5.88. The van der Waals surface area contributed by atoms with E-state index in [1.807, 2.05) is 6.92 Å². The summed E-state index contributed by atoms with van der Waals surface area (Å²) in [6.45, 7) is 3.00. The van der Waals surface area contributed by atoms with Crippen molar-refractivity contribution in [1.29, 1.82) is 0 Å². The lowest BCUT2D eigenvalue weighted by molar-refractivity contribution is -0.384. The van der Waals surface area contributed by atoms with Gasteiger partial charge >= 0.3 is 5.69 Å². The Morgan fingerprint density at radius 2 is 1.89 bits per heavy atom. The first-order valence-corrected chi connectivity index (χ1v) is 8.45. The molecule has 1 N–H and O–H groups in total. The molecular weight excluding hydrogens is 354 g/mol. The highest BCUT2D eigenvalue weighted by Gasteiger charge is 2.19. The van der Waals surface area contributed by atoms with Crippen molar-refractivity contribution in [3.63, 3.8) is 0 Å². The van der Waals surface area contributed by atoms with Gasteiger partial charge in [-0.2, -0.15) is 0 Å². The van der Waals surface area contributed by atoms with Crippen LogP contribution < -0.4 is 11.2 Å². The van der Waals surface area contributed by atoms with Crippen LogP contribution in [0.25, 0.3) is 22.6 Å². The molecule has 142 valence electrons. The Hall–Kier alpha value is -3.27. The molecule has 27 heavy (non-hydrogen) atoms. The number of nitrogens with zero attached hydrogens (tertiary/aromatic N) is 4. The molecule has 1 aromatic carbocycles. The van der Waals surface area contributed by atoms with Crippen molar-refractivity contribution < 1.29 is 9.66 Å². The zero-order valence-electron chi connectivity index (χ0n) is 15.0. The van der Waals surface area contributed by atoms with E-state index in [0.717, 1.165) is 0 Å². The van der Waals surface area contributed by atoms with Gasteiger partial charge in [0.1, 0.15) is 5.82 Å². The van der Waals surface area contributed by atoms with Gasteiger partial charge in [-0.05, 0) is 18.6 Å². The van der Waals surface area contributed by atoms with Crippen molar-refractivity contribution in [1.82, 2.24) is 19.1 Å². The van der Waals surface area contributed by atoms with Gasteiger partial charge in [-0.25, -0.2) is 9.78 Å². The first-order chi connectivity index (χ1) is 13.0. The second kappa shape index (κ2) is 7.54. The molecule has 0 bridgehead atoms. The number of rotatable bonds is 7. The van der Waals surface area contributed by atoms with Crippen molar-refractivity contribution in [3.05, 3.63) is 55.2 Å². The number of nitro groups is 1. The minimum atomic E-state index is -0.529. The van der Waals surface area contributed by atoms with Crippen LogP contribution in [0, 0.1) is 10.1 Å². The maximum absolute atomic E-state index is 12.5. The van der Waals surface area contributed by atoms with E-state index in [1.54, 1.807) is 23.8 Å². The monoisotopic (exact) mass is 373 g/mol. The predicted molar refractivity (Wildman–Crippen MR) is 98.9 cm³/mol. The lowest BCUT2D eigenvalue weighted by Crippen LogP contribution is -2.31. The van der Waals surface area contributed by atoms with Gasteiger partial charge in [-0.15, -0.1) is 0 Å². The average molecular weight is 373 g/mol. The number of fused-ring (bicyclic) bond motifs is 1. The summed E-state index contributed by atoms with van der Waals surface area (Å²) in [5, 5.41) is 10.9. The zero-order valence-corrected chi connectivity index (χ0v) is 15.0. The number of benzene rings is 1. The number of ether oxygens (including phenoxy) is 1. The summed E-state index contributed by atoms with van der Waals surface area (Å²) in [6.07, 6.45) is 0.693. The molecule has 10 nitrogen and oxygen atoms in total. The van der Waals surface area contributed by atoms with Crippen LogP contribution in [0.2, 0.25) is 0 Å². The van der Waals surface area contributed by atoms with Crippen LogP contribution in [0.4, 0.5) is 5.69 Å². The quantitative estimate of drug-likeness (QED) is 0.494. The van der Waals surface area contributed by atoms with Crippen LogP contribution in [0.3, 0.4) is 0 Å². The molecule has 10 heteroatoms. The van der Waals surface area contributed by atoms with Gasteiger partial charge in [-0.1, -0.05) is 6.92 Å². The third-order valence-corrected chi connectivity index (χ3v) is 4.19. The molecule has 3 rings (SSSR count). The van der Waals surface area contributed by atoms with Crippen LogP contribution >= 0.6 is 0 Å². The molecule has 0 spiro atoms. The molecule has 3 aromatic rings. The number of H-pyrrole nitrogens is 1. The van der Waals surface area contributed by atoms with E-state index < -0.39 is 16.2 Å². The number of hydrogen-bond donors (Lipinski definition) is 1. The van der Waals surface area contributed by atoms with Crippen LogP contribution in [-0.4, -0.2) is 37.7 Å². The van der Waals surface area contributed by atoms with Gasteiger partial charge in [0.2, 0.25) is 0 Å². The van der Waals surface area contributed by atoms with E-state index >= 15 is 0 Å². The predicted octanol–water partition coefficient (Wildman–Crippen LogP) is 1.52. The number of imidazole rings is 1. The van der Waals surface area contributed by atoms with E-state index in [0.29, 0.717) is 37.5 Å². The van der Waals surface area contributed by atoms with Crippen molar-refractivity contribution >= 4 is 16.9 Å². The second-order valence-electron chi connectivity index (χ2n) is 5.97. The minimum Gasteiger partial charge on any atom is -0.383 e. The Morgan fingerprint density at radius 3 is 2.48 bits per heavy atom. The van der Waals surface area contributed by atoms with Crippen molar-refractivity contribution in [2.75, 3.05) is 13.7 Å². The van der Waals surface area contributed by atoms with E-state index in [2.05, 4.69) is 9.97 Å². The number of aromatic nitrogens is 4. The van der Waals surface area contributed by atoms with Gasteiger partial charge in [0.15, 0.2) is 11.2 Å². The molecule has 2 aromatic heterocycles. The summed E-state index contributed by atoms with van der Waals surface area (Å²) in [5.74, 6) is 0.443.